The summed E-state index contributed by atoms with van der Waals surface area (Å²) in [6.07, 6.45) is 4.34. The molecule has 0 bridgehead atoms. The maximum absolute atomic E-state index is 12.6. The van der Waals surface area contributed by atoms with Gasteiger partial charge in [-0.25, -0.2) is 0 Å². The number of amides is 1. The Morgan fingerprint density at radius 3 is 2.30 bits per heavy atom. The van der Waals surface area contributed by atoms with Crippen molar-refractivity contribution in [3.05, 3.63) is 83.2 Å². The van der Waals surface area contributed by atoms with E-state index >= 15 is 0 Å². The Balaban J connectivity index is 1.47. The summed E-state index contributed by atoms with van der Waals surface area (Å²) < 4.78 is 0. The van der Waals surface area contributed by atoms with E-state index in [1.165, 1.54) is 41.8 Å². The van der Waals surface area contributed by atoms with Gasteiger partial charge in [-0.05, 0) is 48.8 Å². The summed E-state index contributed by atoms with van der Waals surface area (Å²) in [7, 11) is 0. The molecule has 3 nitrogen and oxygen atoms in total. The van der Waals surface area contributed by atoms with E-state index in [2.05, 4.69) is 77.4 Å². The van der Waals surface area contributed by atoms with Gasteiger partial charge in [0.15, 0.2) is 0 Å². The molecule has 30 heavy (non-hydrogen) atoms. The van der Waals surface area contributed by atoms with Crippen LogP contribution in [0.4, 0.5) is 0 Å². The van der Waals surface area contributed by atoms with Gasteiger partial charge < -0.3 is 4.90 Å². The minimum atomic E-state index is 0.118. The minimum Gasteiger partial charge on any atom is -0.358 e. The highest BCUT2D eigenvalue weighted by molar-refractivity contribution is 8.00. The molecule has 0 radical (unpaired) electrons. The van der Waals surface area contributed by atoms with Gasteiger partial charge in [-0.2, -0.15) is 0 Å². The molecule has 154 valence electrons. The van der Waals surface area contributed by atoms with Crippen LogP contribution in [0.5, 0.6) is 0 Å². The van der Waals surface area contributed by atoms with Crippen LogP contribution in [-0.4, -0.2) is 39.4 Å². The van der Waals surface area contributed by atoms with Crippen molar-refractivity contribution in [3.63, 3.8) is 0 Å². The second kappa shape index (κ2) is 6.91. The van der Waals surface area contributed by atoms with Gasteiger partial charge in [0.25, 0.3) is 0 Å². The van der Waals surface area contributed by atoms with Crippen molar-refractivity contribution in [2.45, 2.75) is 54.6 Å². The van der Waals surface area contributed by atoms with Crippen LogP contribution in [0.15, 0.2) is 72.1 Å². The van der Waals surface area contributed by atoms with Crippen molar-refractivity contribution in [3.8, 4) is 0 Å². The first-order chi connectivity index (χ1) is 14.7. The molecule has 3 heterocycles. The number of carbonyl (C=O) groups excluding carboxylic acids is 1. The summed E-state index contributed by atoms with van der Waals surface area (Å²) in [5.74, 6) is 2.08. The van der Waals surface area contributed by atoms with Crippen molar-refractivity contribution >= 4 is 17.7 Å². The van der Waals surface area contributed by atoms with Crippen molar-refractivity contribution in [2.24, 2.45) is 0 Å². The Morgan fingerprint density at radius 2 is 1.63 bits per heavy atom. The first-order valence-electron chi connectivity index (χ1n) is 11.2. The first-order valence-corrected chi connectivity index (χ1v) is 12.2. The molecule has 2 aromatic rings. The van der Waals surface area contributed by atoms with Crippen molar-refractivity contribution in [2.75, 3.05) is 13.1 Å². The molecule has 4 aliphatic rings. The lowest BCUT2D eigenvalue weighted by Crippen LogP contribution is -2.57. The van der Waals surface area contributed by atoms with Crippen LogP contribution in [0.1, 0.15) is 49.7 Å². The van der Waals surface area contributed by atoms with Gasteiger partial charge in [0.05, 0.1) is 11.8 Å². The molecule has 3 fully saturated rings. The highest BCUT2D eigenvalue weighted by atomic mass is 32.2. The molecule has 4 atom stereocenters. The molecule has 4 heteroatoms. The number of hydrogen-bond acceptors (Lipinski definition) is 3. The number of carbonyl (C=O) groups is 1. The van der Waals surface area contributed by atoms with Crippen LogP contribution in [0, 0.1) is 0 Å². The maximum atomic E-state index is 12.6. The molecule has 1 aliphatic carbocycles. The average Bonchev–Trinajstić information content (AvgIpc) is 3.30. The Bertz CT molecular complexity index is 998. The predicted octanol–water partition coefficient (Wildman–Crippen LogP) is 5.11. The number of nitrogens with zero attached hydrogens (tertiary/aromatic N) is 2. The van der Waals surface area contributed by atoms with Crippen molar-refractivity contribution in [1.29, 1.82) is 0 Å². The molecule has 2 saturated heterocycles. The van der Waals surface area contributed by atoms with Gasteiger partial charge in [-0.1, -0.05) is 60.7 Å². The van der Waals surface area contributed by atoms with E-state index in [9.17, 15) is 4.79 Å². The molecule has 3 aliphatic heterocycles. The molecule has 0 aromatic heterocycles. The zero-order valence-corrected chi connectivity index (χ0v) is 18.3. The standard InChI is InChI=1S/C26H28N2OS/c1-18-24(30-23-16-22(29)28(23)25(18)27-14-8-9-15-27)26(20-12-6-3-7-13-20)17-21(26)19-10-4-2-5-11-19/h2-7,10-13,21,23-24H,8-9,14-17H2,1H3. The topological polar surface area (TPSA) is 23.6 Å². The fourth-order valence-electron chi connectivity index (χ4n) is 6.04. The van der Waals surface area contributed by atoms with Crippen molar-refractivity contribution in [1.82, 2.24) is 9.80 Å². The Morgan fingerprint density at radius 1 is 0.967 bits per heavy atom. The summed E-state index contributed by atoms with van der Waals surface area (Å²) in [5, 5.41) is 0.717. The van der Waals surface area contributed by atoms with Crippen LogP contribution in [0.2, 0.25) is 0 Å². The van der Waals surface area contributed by atoms with Crippen LogP contribution >= 0.6 is 11.8 Å². The zero-order valence-electron chi connectivity index (χ0n) is 17.5. The number of fused-ring (bicyclic) bond motifs is 1. The average molecular weight is 417 g/mol. The number of likely N-dealkylation sites (tertiary alicyclic amines) is 1. The number of thioether (sulfide) groups is 1. The molecule has 0 spiro atoms. The highest BCUT2D eigenvalue weighted by Crippen LogP contribution is 2.68. The van der Waals surface area contributed by atoms with Gasteiger partial charge in [0.1, 0.15) is 5.82 Å². The van der Waals surface area contributed by atoms with Gasteiger partial charge in [-0.15, -0.1) is 11.8 Å². The predicted molar refractivity (Wildman–Crippen MR) is 122 cm³/mol. The molecular formula is C26H28N2OS. The molecule has 4 unspecified atom stereocenters. The van der Waals surface area contributed by atoms with E-state index < -0.39 is 0 Å². The Labute approximate surface area is 183 Å². The maximum Gasteiger partial charge on any atom is 0.232 e. The Hall–Kier alpha value is -2.20. The molecule has 2 aromatic carbocycles. The summed E-state index contributed by atoms with van der Waals surface area (Å²) in [6.45, 7) is 4.47. The van der Waals surface area contributed by atoms with Crippen LogP contribution in [0.25, 0.3) is 0 Å². The lowest BCUT2D eigenvalue weighted by Gasteiger charge is -2.51. The highest BCUT2D eigenvalue weighted by Gasteiger charge is 2.64. The van der Waals surface area contributed by atoms with Crippen LogP contribution < -0.4 is 0 Å². The third-order valence-electron chi connectivity index (χ3n) is 7.56. The minimum absolute atomic E-state index is 0.118. The summed E-state index contributed by atoms with van der Waals surface area (Å²) in [4.78, 5) is 17.2. The fraction of sp³-hybridized carbons (Fsp3) is 0.423. The lowest BCUT2D eigenvalue weighted by molar-refractivity contribution is -0.140. The third kappa shape index (κ3) is 2.62. The molecular weight excluding hydrogens is 388 g/mol. The fourth-order valence-corrected chi connectivity index (χ4v) is 7.88. The van der Waals surface area contributed by atoms with Gasteiger partial charge in [0.2, 0.25) is 5.91 Å². The largest absolute Gasteiger partial charge is 0.358 e. The van der Waals surface area contributed by atoms with Gasteiger partial charge in [0, 0.05) is 23.8 Å². The van der Waals surface area contributed by atoms with E-state index in [0.717, 1.165) is 13.1 Å². The van der Waals surface area contributed by atoms with E-state index in [1.54, 1.807) is 0 Å². The van der Waals surface area contributed by atoms with E-state index in [0.29, 0.717) is 28.9 Å². The number of rotatable bonds is 4. The summed E-state index contributed by atoms with van der Waals surface area (Å²) in [6, 6.07) is 22.2. The van der Waals surface area contributed by atoms with E-state index in [-0.39, 0.29) is 5.41 Å². The van der Waals surface area contributed by atoms with Gasteiger partial charge >= 0.3 is 0 Å². The second-order valence-electron chi connectivity index (χ2n) is 9.21. The normalized spacial score (nSPS) is 32.8. The van der Waals surface area contributed by atoms with Gasteiger partial charge in [-0.3, -0.25) is 9.69 Å². The molecule has 6 rings (SSSR count). The third-order valence-corrected chi connectivity index (χ3v) is 9.30. The van der Waals surface area contributed by atoms with E-state index in [4.69, 9.17) is 0 Å². The first kappa shape index (κ1) is 18.6. The SMILES string of the molecule is CC1=C(N2CCCC2)N2C(=O)CC2SC1C1(c2ccccc2)CC1c1ccccc1. The van der Waals surface area contributed by atoms with Crippen LogP contribution in [0.3, 0.4) is 0 Å². The smallest absolute Gasteiger partial charge is 0.232 e. The number of benzene rings is 2. The van der Waals surface area contributed by atoms with Crippen molar-refractivity contribution < 1.29 is 4.79 Å². The summed E-state index contributed by atoms with van der Waals surface area (Å²) >= 11 is 2.04. The number of hydrogen-bond donors (Lipinski definition) is 0. The molecule has 1 amide bonds. The second-order valence-corrected chi connectivity index (χ2v) is 10.5. The molecule has 1 saturated carbocycles. The van der Waals surface area contributed by atoms with Crippen LogP contribution in [-0.2, 0) is 10.2 Å². The lowest BCUT2D eigenvalue weighted by atomic mass is 9.84. The quantitative estimate of drug-likeness (QED) is 0.647. The van der Waals surface area contributed by atoms with E-state index in [1.807, 2.05) is 11.8 Å². The molecule has 0 N–H and O–H groups in total. The summed E-state index contributed by atoms with van der Waals surface area (Å²) in [5.41, 5.74) is 4.43. The zero-order chi connectivity index (χ0) is 20.3. The monoisotopic (exact) mass is 416 g/mol. The Kier molecular flexibility index (Phi) is 4.28. The number of β-lactam (4-membered cyclic amide) rings is 1.